The van der Waals surface area contributed by atoms with Gasteiger partial charge in [-0.15, -0.1) is 0 Å². The third kappa shape index (κ3) is 4.12. The van der Waals surface area contributed by atoms with Gasteiger partial charge in [0.1, 0.15) is 5.65 Å². The van der Waals surface area contributed by atoms with E-state index in [0.29, 0.717) is 35.3 Å². The first-order chi connectivity index (χ1) is 11.9. The summed E-state index contributed by atoms with van der Waals surface area (Å²) in [5.74, 6) is -1.41. The van der Waals surface area contributed by atoms with Crippen LogP contribution < -0.4 is 5.32 Å². The van der Waals surface area contributed by atoms with Crippen molar-refractivity contribution in [1.82, 2.24) is 24.5 Å². The number of carbonyl (C=O) groups is 1. The highest BCUT2D eigenvalue weighted by Gasteiger charge is 2.19. The molecule has 9 heteroatoms. The Morgan fingerprint density at radius 1 is 1.44 bits per heavy atom. The predicted molar refractivity (Wildman–Crippen MR) is 95.0 cm³/mol. The molecular formula is C16H17Cl2N5O2. The van der Waals surface area contributed by atoms with Crippen molar-refractivity contribution in [2.24, 2.45) is 13.0 Å². The lowest BCUT2D eigenvalue weighted by Gasteiger charge is -2.12. The molecule has 2 N–H and O–H groups in total. The van der Waals surface area contributed by atoms with Gasteiger partial charge in [-0.25, -0.2) is 4.98 Å². The molecular weight excluding hydrogens is 365 g/mol. The quantitative estimate of drug-likeness (QED) is 0.656. The van der Waals surface area contributed by atoms with Crippen LogP contribution in [-0.2, 0) is 24.8 Å². The standard InChI is InChI=1S/C16H17Cl2N5O2/c1-22-9-10(6-20-22)4-11(16(24)25)7-19-8-13-15(18)21-14-5-12(17)2-3-23(13)14/h2-3,5-6,9,11,19H,4,7-8H2,1H3,(H,24,25). The van der Waals surface area contributed by atoms with Crippen molar-refractivity contribution in [3.8, 4) is 0 Å². The van der Waals surface area contributed by atoms with Crippen molar-refractivity contribution in [3.63, 3.8) is 0 Å². The summed E-state index contributed by atoms with van der Waals surface area (Å²) in [6.45, 7) is 0.708. The van der Waals surface area contributed by atoms with E-state index in [1.165, 1.54) is 0 Å². The second-order valence-electron chi connectivity index (χ2n) is 5.81. The van der Waals surface area contributed by atoms with E-state index < -0.39 is 11.9 Å². The van der Waals surface area contributed by atoms with E-state index in [4.69, 9.17) is 23.2 Å². The smallest absolute Gasteiger partial charge is 0.308 e. The Balaban J connectivity index is 1.66. The summed E-state index contributed by atoms with van der Waals surface area (Å²) in [4.78, 5) is 15.7. The first kappa shape index (κ1) is 17.7. The molecule has 0 bridgehead atoms. The number of imidazole rings is 1. The van der Waals surface area contributed by atoms with Gasteiger partial charge in [0, 0.05) is 43.6 Å². The Morgan fingerprint density at radius 3 is 2.92 bits per heavy atom. The van der Waals surface area contributed by atoms with Crippen molar-refractivity contribution in [3.05, 3.63) is 52.2 Å². The maximum atomic E-state index is 11.5. The fraction of sp³-hybridized carbons (Fsp3) is 0.312. The number of hydrogen-bond donors (Lipinski definition) is 2. The van der Waals surface area contributed by atoms with Gasteiger partial charge in [0.25, 0.3) is 0 Å². The maximum absolute atomic E-state index is 11.5. The van der Waals surface area contributed by atoms with Crippen LogP contribution in [0.15, 0.2) is 30.7 Å². The predicted octanol–water partition coefficient (Wildman–Crippen LogP) is 2.41. The number of carboxylic acid groups (broad SMARTS) is 1. The van der Waals surface area contributed by atoms with Gasteiger partial charge < -0.3 is 14.8 Å². The number of nitrogens with zero attached hydrogens (tertiary/aromatic N) is 4. The van der Waals surface area contributed by atoms with E-state index in [1.54, 1.807) is 36.3 Å². The van der Waals surface area contributed by atoms with Gasteiger partial charge in [-0.1, -0.05) is 23.2 Å². The number of halogens is 2. The van der Waals surface area contributed by atoms with Crippen molar-refractivity contribution < 1.29 is 9.90 Å². The highest BCUT2D eigenvalue weighted by Crippen LogP contribution is 2.20. The molecule has 0 fully saturated rings. The molecule has 3 aromatic heterocycles. The molecule has 0 amide bonds. The lowest BCUT2D eigenvalue weighted by molar-refractivity contribution is -0.141. The molecule has 0 aromatic carbocycles. The Kier molecular flexibility index (Phi) is 5.27. The van der Waals surface area contributed by atoms with Gasteiger partial charge in [0.15, 0.2) is 5.15 Å². The number of carboxylic acids is 1. The lowest BCUT2D eigenvalue weighted by atomic mass is 10.0. The third-order valence-electron chi connectivity index (χ3n) is 3.91. The normalized spacial score (nSPS) is 12.6. The number of pyridine rings is 1. The van der Waals surface area contributed by atoms with Crippen molar-refractivity contribution >= 4 is 34.8 Å². The molecule has 0 aliphatic heterocycles. The van der Waals surface area contributed by atoms with Crippen LogP contribution in [0.1, 0.15) is 11.3 Å². The van der Waals surface area contributed by atoms with Gasteiger partial charge in [-0.2, -0.15) is 5.10 Å². The van der Waals surface area contributed by atoms with E-state index in [9.17, 15) is 9.90 Å². The minimum atomic E-state index is -0.854. The molecule has 0 spiro atoms. The van der Waals surface area contributed by atoms with E-state index in [-0.39, 0.29) is 0 Å². The fourth-order valence-electron chi connectivity index (χ4n) is 2.67. The second-order valence-corrected chi connectivity index (χ2v) is 6.61. The largest absolute Gasteiger partial charge is 0.481 e. The van der Waals surface area contributed by atoms with E-state index in [0.717, 1.165) is 11.3 Å². The molecule has 0 radical (unpaired) electrons. The van der Waals surface area contributed by atoms with Crippen LogP contribution in [0.5, 0.6) is 0 Å². The summed E-state index contributed by atoms with van der Waals surface area (Å²) >= 11 is 12.1. The van der Waals surface area contributed by atoms with E-state index in [1.807, 2.05) is 10.6 Å². The van der Waals surface area contributed by atoms with Gasteiger partial charge in [0.05, 0.1) is 17.8 Å². The molecule has 1 unspecified atom stereocenters. The van der Waals surface area contributed by atoms with Gasteiger partial charge in [0.2, 0.25) is 0 Å². The zero-order chi connectivity index (χ0) is 18.0. The average Bonchev–Trinajstić information content (AvgIpc) is 3.09. The Labute approximate surface area is 154 Å². The first-order valence-electron chi connectivity index (χ1n) is 7.67. The van der Waals surface area contributed by atoms with Gasteiger partial charge in [-0.05, 0) is 18.1 Å². The van der Waals surface area contributed by atoms with E-state index in [2.05, 4.69) is 15.4 Å². The molecule has 0 saturated heterocycles. The van der Waals surface area contributed by atoms with Gasteiger partial charge >= 0.3 is 5.97 Å². The van der Waals surface area contributed by atoms with Crippen molar-refractivity contribution in [2.75, 3.05) is 6.54 Å². The highest BCUT2D eigenvalue weighted by atomic mass is 35.5. The minimum Gasteiger partial charge on any atom is -0.481 e. The molecule has 25 heavy (non-hydrogen) atoms. The molecule has 0 saturated carbocycles. The molecule has 3 rings (SSSR count). The number of rotatable bonds is 7. The zero-order valence-electron chi connectivity index (χ0n) is 13.5. The summed E-state index contributed by atoms with van der Waals surface area (Å²) in [5.41, 5.74) is 2.30. The number of hydrogen-bond acceptors (Lipinski definition) is 4. The van der Waals surface area contributed by atoms with Crippen LogP contribution in [0.3, 0.4) is 0 Å². The van der Waals surface area contributed by atoms with Crippen LogP contribution in [0, 0.1) is 5.92 Å². The fourth-order valence-corrected chi connectivity index (χ4v) is 3.07. The highest BCUT2D eigenvalue weighted by molar-refractivity contribution is 6.31. The number of aromatic nitrogens is 4. The minimum absolute atomic E-state index is 0.307. The summed E-state index contributed by atoms with van der Waals surface area (Å²) in [5, 5.41) is 17.6. The lowest BCUT2D eigenvalue weighted by Crippen LogP contribution is -2.30. The molecule has 3 heterocycles. The van der Waals surface area contributed by atoms with Crippen LogP contribution in [0.2, 0.25) is 10.2 Å². The summed E-state index contributed by atoms with van der Waals surface area (Å²) in [6.07, 6.45) is 5.70. The summed E-state index contributed by atoms with van der Waals surface area (Å²) in [7, 11) is 1.80. The average molecular weight is 382 g/mol. The van der Waals surface area contributed by atoms with Crippen LogP contribution in [-0.4, -0.2) is 36.8 Å². The molecule has 7 nitrogen and oxygen atoms in total. The van der Waals surface area contributed by atoms with Crippen LogP contribution >= 0.6 is 23.2 Å². The SMILES string of the molecule is Cn1cc(CC(CNCc2c(Cl)nc3cc(Cl)ccn23)C(=O)O)cn1. The third-order valence-corrected chi connectivity index (χ3v) is 4.45. The summed E-state index contributed by atoms with van der Waals surface area (Å²) < 4.78 is 3.49. The molecule has 0 aliphatic rings. The number of fused-ring (bicyclic) bond motifs is 1. The zero-order valence-corrected chi connectivity index (χ0v) is 15.0. The number of nitrogens with one attached hydrogen (secondary N) is 1. The van der Waals surface area contributed by atoms with E-state index >= 15 is 0 Å². The molecule has 0 aliphatic carbocycles. The topological polar surface area (TPSA) is 84.5 Å². The summed E-state index contributed by atoms with van der Waals surface area (Å²) in [6, 6.07) is 3.47. The Morgan fingerprint density at radius 2 is 2.24 bits per heavy atom. The number of aryl methyl sites for hydroxylation is 1. The first-order valence-corrected chi connectivity index (χ1v) is 8.42. The van der Waals surface area contributed by atoms with Gasteiger partial charge in [-0.3, -0.25) is 9.48 Å². The Hall–Kier alpha value is -2.09. The second kappa shape index (κ2) is 7.43. The molecule has 1 atom stereocenters. The van der Waals surface area contributed by atoms with Crippen LogP contribution in [0.25, 0.3) is 5.65 Å². The number of aliphatic carboxylic acids is 1. The van der Waals surface area contributed by atoms with Crippen molar-refractivity contribution in [1.29, 1.82) is 0 Å². The molecule has 3 aromatic rings. The maximum Gasteiger partial charge on any atom is 0.308 e. The van der Waals surface area contributed by atoms with Crippen molar-refractivity contribution in [2.45, 2.75) is 13.0 Å². The Bertz CT molecular complexity index is 905. The molecule has 132 valence electrons. The monoisotopic (exact) mass is 381 g/mol. The van der Waals surface area contributed by atoms with Crippen LogP contribution in [0.4, 0.5) is 0 Å².